The normalized spacial score (nSPS) is 12.7. The summed E-state index contributed by atoms with van der Waals surface area (Å²) in [5.41, 5.74) is 6.48. The molecule has 12 heavy (non-hydrogen) atoms. The molecule has 0 aliphatic heterocycles. The van der Waals surface area contributed by atoms with Gasteiger partial charge >= 0.3 is 0 Å². The van der Waals surface area contributed by atoms with Gasteiger partial charge in [0.15, 0.2) is 11.6 Å². The maximum Gasteiger partial charge on any atom is 0.165 e. The molecule has 0 fully saturated rings. The fourth-order valence-corrected chi connectivity index (χ4v) is 0.960. The average molecular weight is 169 g/mol. The Morgan fingerprint density at radius 2 is 2.17 bits per heavy atom. The minimum atomic E-state index is -0.359. The third-order valence-corrected chi connectivity index (χ3v) is 1.70. The van der Waals surface area contributed by atoms with Crippen LogP contribution in [0.5, 0.6) is 5.75 Å². The van der Waals surface area contributed by atoms with E-state index in [0.29, 0.717) is 0 Å². The quantitative estimate of drug-likeness (QED) is 0.733. The van der Waals surface area contributed by atoms with Crippen LogP contribution in [-0.4, -0.2) is 7.11 Å². The van der Waals surface area contributed by atoms with Crippen molar-refractivity contribution < 1.29 is 9.13 Å². The summed E-state index contributed by atoms with van der Waals surface area (Å²) in [6.07, 6.45) is 0. The number of hydrogen-bond acceptors (Lipinski definition) is 2. The van der Waals surface area contributed by atoms with Gasteiger partial charge in [-0.25, -0.2) is 4.39 Å². The lowest BCUT2D eigenvalue weighted by molar-refractivity contribution is 0.385. The molecule has 1 aromatic rings. The molecule has 0 saturated heterocycles. The van der Waals surface area contributed by atoms with Crippen molar-refractivity contribution in [3.63, 3.8) is 0 Å². The largest absolute Gasteiger partial charge is 0.494 e. The number of ether oxygens (including phenoxy) is 1. The molecule has 0 spiro atoms. The van der Waals surface area contributed by atoms with Gasteiger partial charge in [-0.2, -0.15) is 0 Å². The molecule has 1 aromatic carbocycles. The van der Waals surface area contributed by atoms with Crippen LogP contribution >= 0.6 is 0 Å². The van der Waals surface area contributed by atoms with E-state index in [1.54, 1.807) is 12.1 Å². The SMILES string of the molecule is COc1cc([C@H](C)N)ccc1F. The highest BCUT2D eigenvalue weighted by atomic mass is 19.1. The molecule has 0 aliphatic rings. The van der Waals surface area contributed by atoms with Gasteiger partial charge in [-0.05, 0) is 24.6 Å². The highest BCUT2D eigenvalue weighted by Gasteiger charge is 2.05. The third kappa shape index (κ3) is 1.74. The molecule has 0 heterocycles. The Balaban J connectivity index is 3.05. The van der Waals surface area contributed by atoms with Crippen molar-refractivity contribution in [2.24, 2.45) is 5.73 Å². The van der Waals surface area contributed by atoms with E-state index in [1.165, 1.54) is 13.2 Å². The Morgan fingerprint density at radius 1 is 1.50 bits per heavy atom. The van der Waals surface area contributed by atoms with E-state index in [4.69, 9.17) is 10.5 Å². The van der Waals surface area contributed by atoms with E-state index in [-0.39, 0.29) is 17.6 Å². The molecule has 66 valence electrons. The molecule has 2 N–H and O–H groups in total. The second kappa shape index (κ2) is 3.54. The van der Waals surface area contributed by atoms with Crippen molar-refractivity contribution in [2.45, 2.75) is 13.0 Å². The van der Waals surface area contributed by atoms with E-state index in [9.17, 15) is 4.39 Å². The molecular weight excluding hydrogens is 157 g/mol. The molecule has 0 unspecified atom stereocenters. The molecule has 0 amide bonds. The lowest BCUT2D eigenvalue weighted by Crippen LogP contribution is -2.05. The molecule has 1 rings (SSSR count). The summed E-state index contributed by atoms with van der Waals surface area (Å²) >= 11 is 0. The van der Waals surface area contributed by atoms with E-state index in [1.807, 2.05) is 6.92 Å². The minimum absolute atomic E-state index is 0.0977. The molecule has 0 aromatic heterocycles. The smallest absolute Gasteiger partial charge is 0.165 e. The van der Waals surface area contributed by atoms with Crippen LogP contribution in [0.15, 0.2) is 18.2 Å². The summed E-state index contributed by atoms with van der Waals surface area (Å²) in [6, 6.07) is 4.53. The summed E-state index contributed by atoms with van der Waals surface area (Å²) in [4.78, 5) is 0. The molecular formula is C9H12FNO. The molecule has 0 radical (unpaired) electrons. The first-order valence-electron chi connectivity index (χ1n) is 3.74. The lowest BCUT2D eigenvalue weighted by atomic mass is 10.1. The Labute approximate surface area is 71.1 Å². The van der Waals surface area contributed by atoms with Gasteiger partial charge in [-0.1, -0.05) is 6.07 Å². The summed E-state index contributed by atoms with van der Waals surface area (Å²) < 4.78 is 17.7. The van der Waals surface area contributed by atoms with Crippen LogP contribution in [0, 0.1) is 5.82 Å². The maximum atomic E-state index is 12.9. The Morgan fingerprint density at radius 3 is 2.67 bits per heavy atom. The van der Waals surface area contributed by atoms with Crippen LogP contribution in [0.1, 0.15) is 18.5 Å². The van der Waals surface area contributed by atoms with Crippen molar-refractivity contribution in [2.75, 3.05) is 7.11 Å². The Hall–Kier alpha value is -1.09. The van der Waals surface area contributed by atoms with Crippen molar-refractivity contribution in [1.82, 2.24) is 0 Å². The fraction of sp³-hybridized carbons (Fsp3) is 0.333. The van der Waals surface area contributed by atoms with Crippen LogP contribution < -0.4 is 10.5 Å². The van der Waals surface area contributed by atoms with Gasteiger partial charge in [0.25, 0.3) is 0 Å². The van der Waals surface area contributed by atoms with Crippen LogP contribution in [0.3, 0.4) is 0 Å². The Kier molecular flexibility index (Phi) is 2.65. The number of methoxy groups -OCH3 is 1. The molecule has 0 bridgehead atoms. The third-order valence-electron chi connectivity index (χ3n) is 1.70. The minimum Gasteiger partial charge on any atom is -0.494 e. The standard InChI is InChI=1S/C9H12FNO/c1-6(11)7-3-4-8(10)9(5-7)12-2/h3-6H,11H2,1-2H3/t6-/m0/s1. The highest BCUT2D eigenvalue weighted by molar-refractivity contribution is 5.31. The number of nitrogens with two attached hydrogens (primary N) is 1. The topological polar surface area (TPSA) is 35.2 Å². The summed E-state index contributed by atoms with van der Waals surface area (Å²) in [6.45, 7) is 1.84. The predicted molar refractivity (Wildman–Crippen MR) is 45.6 cm³/mol. The van der Waals surface area contributed by atoms with Crippen molar-refractivity contribution in [1.29, 1.82) is 0 Å². The monoisotopic (exact) mass is 169 g/mol. The summed E-state index contributed by atoms with van der Waals surface area (Å²) in [5, 5.41) is 0. The van der Waals surface area contributed by atoms with Gasteiger partial charge < -0.3 is 10.5 Å². The molecule has 1 atom stereocenters. The van der Waals surface area contributed by atoms with E-state index >= 15 is 0 Å². The number of hydrogen-bond donors (Lipinski definition) is 1. The van der Waals surface area contributed by atoms with Crippen LogP contribution in [0.4, 0.5) is 4.39 Å². The first kappa shape index (κ1) is 9.00. The van der Waals surface area contributed by atoms with E-state index in [0.717, 1.165) is 5.56 Å². The predicted octanol–water partition coefficient (Wildman–Crippen LogP) is 1.85. The zero-order valence-corrected chi connectivity index (χ0v) is 7.17. The second-order valence-electron chi connectivity index (χ2n) is 2.68. The zero-order chi connectivity index (χ0) is 9.14. The molecule has 0 saturated carbocycles. The van der Waals surface area contributed by atoms with Gasteiger partial charge in [0.2, 0.25) is 0 Å². The van der Waals surface area contributed by atoms with Crippen molar-refractivity contribution in [3.8, 4) is 5.75 Å². The zero-order valence-electron chi connectivity index (χ0n) is 7.17. The first-order valence-corrected chi connectivity index (χ1v) is 3.74. The van der Waals surface area contributed by atoms with Crippen molar-refractivity contribution in [3.05, 3.63) is 29.6 Å². The Bertz CT molecular complexity index is 273. The van der Waals surface area contributed by atoms with Crippen molar-refractivity contribution >= 4 is 0 Å². The maximum absolute atomic E-state index is 12.9. The van der Waals surface area contributed by atoms with Gasteiger partial charge in [0, 0.05) is 6.04 Å². The fourth-order valence-electron chi connectivity index (χ4n) is 0.960. The second-order valence-corrected chi connectivity index (χ2v) is 2.68. The number of halogens is 1. The highest BCUT2D eigenvalue weighted by Crippen LogP contribution is 2.20. The molecule has 0 aliphatic carbocycles. The van der Waals surface area contributed by atoms with E-state index in [2.05, 4.69) is 0 Å². The van der Waals surface area contributed by atoms with Crippen LogP contribution in [0.25, 0.3) is 0 Å². The lowest BCUT2D eigenvalue weighted by Gasteiger charge is -2.07. The first-order chi connectivity index (χ1) is 5.65. The number of rotatable bonds is 2. The van der Waals surface area contributed by atoms with E-state index < -0.39 is 0 Å². The van der Waals surface area contributed by atoms with Gasteiger partial charge in [0.1, 0.15) is 0 Å². The van der Waals surface area contributed by atoms with Gasteiger partial charge in [0.05, 0.1) is 7.11 Å². The average Bonchev–Trinajstić information content (AvgIpc) is 2.05. The van der Waals surface area contributed by atoms with Gasteiger partial charge in [-0.15, -0.1) is 0 Å². The number of benzene rings is 1. The van der Waals surface area contributed by atoms with Gasteiger partial charge in [-0.3, -0.25) is 0 Å². The molecule has 3 heteroatoms. The summed E-state index contributed by atoms with van der Waals surface area (Å²) in [5.74, 6) is -0.119. The van der Waals surface area contributed by atoms with Crippen LogP contribution in [-0.2, 0) is 0 Å². The van der Waals surface area contributed by atoms with Crippen LogP contribution in [0.2, 0.25) is 0 Å². The summed E-state index contributed by atoms with van der Waals surface area (Å²) in [7, 11) is 1.43. The molecule has 2 nitrogen and oxygen atoms in total.